The zero-order chi connectivity index (χ0) is 23.0. The van der Waals surface area contributed by atoms with Gasteiger partial charge in [0, 0.05) is 18.8 Å². The number of sulfonamides is 1. The van der Waals surface area contributed by atoms with Gasteiger partial charge in [-0.05, 0) is 36.4 Å². The molecule has 0 aliphatic carbocycles. The summed E-state index contributed by atoms with van der Waals surface area (Å²) in [4.78, 5) is 24.7. The van der Waals surface area contributed by atoms with Gasteiger partial charge in [0.2, 0.25) is 10.0 Å². The molecule has 0 fully saturated rings. The van der Waals surface area contributed by atoms with Crippen molar-refractivity contribution in [2.45, 2.75) is 18.7 Å². The molecule has 0 aromatic heterocycles. The zero-order valence-electron chi connectivity index (χ0n) is 17.9. The maximum absolute atomic E-state index is 12.5. The highest BCUT2D eigenvalue weighted by Crippen LogP contribution is 2.28. The number of anilines is 1. The smallest absolute Gasteiger partial charge is 0.346 e. The Labute approximate surface area is 182 Å². The van der Waals surface area contributed by atoms with Gasteiger partial charge in [0.1, 0.15) is 17.1 Å². The summed E-state index contributed by atoms with van der Waals surface area (Å²) >= 11 is 0. The number of nitrogens with zero attached hydrogens (tertiary/aromatic N) is 1. The number of amides is 1. The first-order chi connectivity index (χ1) is 14.8. The van der Waals surface area contributed by atoms with E-state index < -0.39 is 28.5 Å². The molecule has 0 saturated carbocycles. The summed E-state index contributed by atoms with van der Waals surface area (Å²) in [5.74, 6) is -0.837. The van der Waals surface area contributed by atoms with Crippen LogP contribution in [0, 0.1) is 0 Å². The number of rotatable bonds is 10. The Bertz CT molecular complexity index is 994. The zero-order valence-corrected chi connectivity index (χ0v) is 18.7. The molecule has 10 heteroatoms. The van der Waals surface area contributed by atoms with E-state index in [-0.39, 0.29) is 22.0 Å². The first-order valence-corrected chi connectivity index (χ1v) is 11.0. The van der Waals surface area contributed by atoms with E-state index in [0.29, 0.717) is 18.8 Å². The van der Waals surface area contributed by atoms with Gasteiger partial charge in [0.05, 0.1) is 19.1 Å². The maximum Gasteiger partial charge on any atom is 0.346 e. The van der Waals surface area contributed by atoms with Gasteiger partial charge in [-0.3, -0.25) is 4.79 Å². The van der Waals surface area contributed by atoms with Gasteiger partial charge >= 0.3 is 5.97 Å². The number of hydrogen-bond donors (Lipinski definition) is 1. The first-order valence-electron chi connectivity index (χ1n) is 9.56. The quantitative estimate of drug-likeness (QED) is 0.554. The fourth-order valence-electron chi connectivity index (χ4n) is 2.88. The standard InChI is InChI=1S/C21H26N2O7S/c1-5-23(6-2)31(26,27)16-12-10-15(11-13-16)22-19(24)14-30-21(25)20-17(28-3)8-7-9-18(20)29-4/h7-13H,5-6,14H2,1-4H3,(H,22,24). The first kappa shape index (κ1) is 24.2. The number of hydrogen-bond acceptors (Lipinski definition) is 7. The van der Waals surface area contributed by atoms with Gasteiger partial charge < -0.3 is 19.5 Å². The summed E-state index contributed by atoms with van der Waals surface area (Å²) in [5, 5.41) is 2.55. The summed E-state index contributed by atoms with van der Waals surface area (Å²) in [6.45, 7) is 3.70. The van der Waals surface area contributed by atoms with E-state index in [1.807, 2.05) is 0 Å². The molecule has 0 bridgehead atoms. The fourth-order valence-corrected chi connectivity index (χ4v) is 4.33. The van der Waals surface area contributed by atoms with Crippen molar-refractivity contribution in [3.63, 3.8) is 0 Å². The van der Waals surface area contributed by atoms with Crippen LogP contribution in [0.2, 0.25) is 0 Å². The van der Waals surface area contributed by atoms with E-state index in [9.17, 15) is 18.0 Å². The molecule has 168 valence electrons. The van der Waals surface area contributed by atoms with Crippen LogP contribution in [0.5, 0.6) is 11.5 Å². The van der Waals surface area contributed by atoms with Crippen molar-refractivity contribution < 1.29 is 32.2 Å². The van der Waals surface area contributed by atoms with E-state index in [1.54, 1.807) is 32.0 Å². The Morgan fingerprint density at radius 1 is 0.935 bits per heavy atom. The van der Waals surface area contributed by atoms with Gasteiger partial charge in [0.15, 0.2) is 6.61 Å². The Hall–Kier alpha value is -3.11. The summed E-state index contributed by atoms with van der Waals surface area (Å²) in [5.41, 5.74) is 0.445. The van der Waals surface area contributed by atoms with Crippen molar-refractivity contribution in [3.8, 4) is 11.5 Å². The summed E-state index contributed by atoms with van der Waals surface area (Å²) < 4.78 is 41.7. The number of carbonyl (C=O) groups excluding carboxylic acids is 2. The molecule has 2 rings (SSSR count). The number of ether oxygens (including phenoxy) is 3. The highest BCUT2D eigenvalue weighted by atomic mass is 32.2. The molecule has 0 aliphatic heterocycles. The van der Waals surface area contributed by atoms with Gasteiger partial charge in [-0.2, -0.15) is 4.31 Å². The Kier molecular flexibility index (Phi) is 8.40. The third kappa shape index (κ3) is 5.74. The van der Waals surface area contributed by atoms with Gasteiger partial charge in [-0.1, -0.05) is 19.9 Å². The summed E-state index contributed by atoms with van der Waals surface area (Å²) in [6, 6.07) is 10.6. The van der Waals surface area contributed by atoms with Crippen molar-refractivity contribution in [2.75, 3.05) is 39.2 Å². The van der Waals surface area contributed by atoms with Crippen LogP contribution >= 0.6 is 0 Å². The minimum Gasteiger partial charge on any atom is -0.496 e. The SMILES string of the molecule is CCN(CC)S(=O)(=O)c1ccc(NC(=O)COC(=O)c2c(OC)cccc2OC)cc1. The van der Waals surface area contributed by atoms with Crippen LogP contribution in [0.4, 0.5) is 5.69 Å². The largest absolute Gasteiger partial charge is 0.496 e. The predicted molar refractivity (Wildman–Crippen MR) is 115 cm³/mol. The third-order valence-corrected chi connectivity index (χ3v) is 6.51. The molecule has 0 atom stereocenters. The molecular weight excluding hydrogens is 424 g/mol. The average molecular weight is 451 g/mol. The van der Waals surface area contributed by atoms with Crippen LogP contribution in [0.1, 0.15) is 24.2 Å². The normalized spacial score (nSPS) is 11.1. The molecule has 0 saturated heterocycles. The van der Waals surface area contributed by atoms with Crippen molar-refractivity contribution in [2.24, 2.45) is 0 Å². The van der Waals surface area contributed by atoms with E-state index in [2.05, 4.69) is 5.32 Å². The molecule has 0 unspecified atom stereocenters. The number of carbonyl (C=O) groups is 2. The predicted octanol–water partition coefficient (Wildman–Crippen LogP) is 2.53. The van der Waals surface area contributed by atoms with Gasteiger partial charge in [-0.15, -0.1) is 0 Å². The molecular formula is C21H26N2O7S. The fraction of sp³-hybridized carbons (Fsp3) is 0.333. The molecule has 9 nitrogen and oxygen atoms in total. The summed E-state index contributed by atoms with van der Waals surface area (Å²) in [7, 11) is -0.774. The van der Waals surface area contributed by atoms with Crippen molar-refractivity contribution in [1.82, 2.24) is 4.31 Å². The third-order valence-electron chi connectivity index (χ3n) is 4.45. The molecule has 1 N–H and O–H groups in total. The van der Waals surface area contributed by atoms with Crippen molar-refractivity contribution in [1.29, 1.82) is 0 Å². The Morgan fingerprint density at radius 3 is 1.97 bits per heavy atom. The molecule has 2 aromatic rings. The number of esters is 1. The van der Waals surface area contributed by atoms with E-state index in [0.717, 1.165) is 0 Å². The summed E-state index contributed by atoms with van der Waals surface area (Å²) in [6.07, 6.45) is 0. The topological polar surface area (TPSA) is 111 Å². The van der Waals surface area contributed by atoms with Crippen LogP contribution in [0.3, 0.4) is 0 Å². The second kappa shape index (κ2) is 10.8. The lowest BCUT2D eigenvalue weighted by atomic mass is 10.2. The molecule has 0 heterocycles. The number of nitrogens with one attached hydrogen (secondary N) is 1. The van der Waals surface area contributed by atoms with Crippen LogP contribution in [-0.2, 0) is 19.6 Å². The molecule has 31 heavy (non-hydrogen) atoms. The van der Waals surface area contributed by atoms with E-state index in [4.69, 9.17) is 14.2 Å². The van der Waals surface area contributed by atoms with Crippen LogP contribution < -0.4 is 14.8 Å². The van der Waals surface area contributed by atoms with E-state index in [1.165, 1.54) is 42.8 Å². The van der Waals surface area contributed by atoms with Crippen LogP contribution in [0.25, 0.3) is 0 Å². The van der Waals surface area contributed by atoms with Crippen molar-refractivity contribution in [3.05, 3.63) is 48.0 Å². The second-order valence-electron chi connectivity index (χ2n) is 6.28. The minimum absolute atomic E-state index is 0.0752. The van der Waals surface area contributed by atoms with E-state index >= 15 is 0 Å². The highest BCUT2D eigenvalue weighted by Gasteiger charge is 2.22. The lowest BCUT2D eigenvalue weighted by Crippen LogP contribution is -2.30. The van der Waals surface area contributed by atoms with Crippen LogP contribution in [0.15, 0.2) is 47.4 Å². The minimum atomic E-state index is -3.58. The molecule has 0 spiro atoms. The van der Waals surface area contributed by atoms with Gasteiger partial charge in [0.25, 0.3) is 5.91 Å². The highest BCUT2D eigenvalue weighted by molar-refractivity contribution is 7.89. The molecule has 2 aromatic carbocycles. The lowest BCUT2D eigenvalue weighted by Gasteiger charge is -2.18. The van der Waals surface area contributed by atoms with Crippen LogP contribution in [-0.4, -0.2) is 58.5 Å². The molecule has 0 radical (unpaired) electrons. The van der Waals surface area contributed by atoms with Crippen molar-refractivity contribution >= 4 is 27.6 Å². The Balaban J connectivity index is 2.02. The lowest BCUT2D eigenvalue weighted by molar-refractivity contribution is -0.119. The average Bonchev–Trinajstić information content (AvgIpc) is 2.77. The Morgan fingerprint density at radius 2 is 1.48 bits per heavy atom. The number of benzene rings is 2. The second-order valence-corrected chi connectivity index (χ2v) is 8.21. The molecule has 1 amide bonds. The number of methoxy groups -OCH3 is 2. The maximum atomic E-state index is 12.5. The molecule has 0 aliphatic rings. The monoisotopic (exact) mass is 450 g/mol. The van der Waals surface area contributed by atoms with Gasteiger partial charge in [-0.25, -0.2) is 13.2 Å².